The van der Waals surface area contributed by atoms with Gasteiger partial charge in [-0.15, -0.1) is 0 Å². The van der Waals surface area contributed by atoms with E-state index in [9.17, 15) is 8.42 Å². The fourth-order valence-electron chi connectivity index (χ4n) is 1.87. The molecule has 0 saturated carbocycles. The zero-order chi connectivity index (χ0) is 14.4. The minimum Gasteiger partial charge on any atom is -0.387 e. The third kappa shape index (κ3) is 3.58. The Morgan fingerprint density at radius 2 is 2.05 bits per heavy atom. The smallest absolute Gasteiger partial charge is 0.242 e. The van der Waals surface area contributed by atoms with Crippen LogP contribution in [-0.4, -0.2) is 31.8 Å². The molecule has 0 spiro atoms. The molecule has 1 aromatic carbocycles. The molecule has 0 radical (unpaired) electrons. The normalized spacial score (nSPS) is 11.4. The number of nitrogens with one attached hydrogen (secondary N) is 2. The van der Waals surface area contributed by atoms with E-state index in [1.54, 1.807) is 42.2 Å². The molecule has 0 aliphatic carbocycles. The van der Waals surface area contributed by atoms with E-state index in [1.165, 1.54) is 0 Å². The lowest BCUT2D eigenvalue weighted by atomic mass is 10.3. The number of hydrogen-bond acceptors (Lipinski definition) is 4. The van der Waals surface area contributed by atoms with E-state index in [0.717, 1.165) is 0 Å². The van der Waals surface area contributed by atoms with Crippen molar-refractivity contribution in [3.05, 3.63) is 42.7 Å². The van der Waals surface area contributed by atoms with Gasteiger partial charge in [0.2, 0.25) is 10.0 Å². The highest BCUT2D eigenvalue weighted by Crippen LogP contribution is 2.19. The van der Waals surface area contributed by atoms with Crippen LogP contribution in [0.4, 0.5) is 5.69 Å². The predicted molar refractivity (Wildman–Crippen MR) is 78.0 cm³/mol. The van der Waals surface area contributed by atoms with Gasteiger partial charge in [-0.3, -0.25) is 4.68 Å². The first-order valence-electron chi connectivity index (χ1n) is 6.37. The molecule has 7 heteroatoms. The van der Waals surface area contributed by atoms with Crippen molar-refractivity contribution in [3.8, 4) is 0 Å². The van der Waals surface area contributed by atoms with E-state index in [2.05, 4.69) is 15.1 Å². The van der Waals surface area contributed by atoms with Gasteiger partial charge >= 0.3 is 0 Å². The SMILES string of the molecule is CNc1ccccc1S(=O)(=O)NCCCn1cccn1. The van der Waals surface area contributed by atoms with E-state index < -0.39 is 10.0 Å². The van der Waals surface area contributed by atoms with Gasteiger partial charge in [-0.05, 0) is 24.6 Å². The van der Waals surface area contributed by atoms with Crippen LogP contribution in [0.5, 0.6) is 0 Å². The van der Waals surface area contributed by atoms with Gasteiger partial charge in [0.1, 0.15) is 4.90 Å². The predicted octanol–water partition coefficient (Wildman–Crippen LogP) is 1.29. The zero-order valence-electron chi connectivity index (χ0n) is 11.3. The monoisotopic (exact) mass is 294 g/mol. The largest absolute Gasteiger partial charge is 0.387 e. The summed E-state index contributed by atoms with van der Waals surface area (Å²) in [6, 6.07) is 8.66. The maximum absolute atomic E-state index is 12.2. The van der Waals surface area contributed by atoms with Gasteiger partial charge in [0.25, 0.3) is 0 Å². The van der Waals surface area contributed by atoms with Crippen molar-refractivity contribution in [2.45, 2.75) is 17.9 Å². The number of rotatable bonds is 7. The first kappa shape index (κ1) is 14.5. The van der Waals surface area contributed by atoms with Crippen molar-refractivity contribution >= 4 is 15.7 Å². The van der Waals surface area contributed by atoms with Crippen LogP contribution < -0.4 is 10.0 Å². The average molecular weight is 294 g/mol. The van der Waals surface area contributed by atoms with E-state index in [1.807, 2.05) is 12.3 Å². The van der Waals surface area contributed by atoms with Gasteiger partial charge in [-0.25, -0.2) is 13.1 Å². The van der Waals surface area contributed by atoms with Crippen molar-refractivity contribution < 1.29 is 8.42 Å². The molecule has 0 bridgehead atoms. The second-order valence-electron chi connectivity index (χ2n) is 4.27. The van der Waals surface area contributed by atoms with Crippen LogP contribution >= 0.6 is 0 Å². The number of nitrogens with zero attached hydrogens (tertiary/aromatic N) is 2. The number of sulfonamides is 1. The summed E-state index contributed by atoms with van der Waals surface area (Å²) in [5.41, 5.74) is 0.590. The van der Waals surface area contributed by atoms with Gasteiger partial charge < -0.3 is 5.32 Å². The molecule has 2 rings (SSSR count). The van der Waals surface area contributed by atoms with Crippen LogP contribution in [0, 0.1) is 0 Å². The highest BCUT2D eigenvalue weighted by Gasteiger charge is 2.16. The molecule has 1 aromatic heterocycles. The second kappa shape index (κ2) is 6.53. The van der Waals surface area contributed by atoms with E-state index in [-0.39, 0.29) is 4.90 Å². The number of anilines is 1. The van der Waals surface area contributed by atoms with E-state index >= 15 is 0 Å². The third-order valence-corrected chi connectivity index (χ3v) is 4.38. The highest BCUT2D eigenvalue weighted by atomic mass is 32.2. The number of aromatic nitrogens is 2. The Kier molecular flexibility index (Phi) is 4.75. The Balaban J connectivity index is 1.94. The fraction of sp³-hybridized carbons (Fsp3) is 0.308. The standard InChI is InChI=1S/C13H18N4O2S/c1-14-12-6-2-3-7-13(12)20(18,19)16-9-5-11-17-10-4-8-15-17/h2-4,6-8,10,14,16H,5,9,11H2,1H3. The molecule has 0 fully saturated rings. The highest BCUT2D eigenvalue weighted by molar-refractivity contribution is 7.89. The summed E-state index contributed by atoms with van der Waals surface area (Å²) in [6.45, 7) is 1.06. The minimum absolute atomic E-state index is 0.265. The molecule has 6 nitrogen and oxygen atoms in total. The Hall–Kier alpha value is -1.86. The van der Waals surface area contributed by atoms with E-state index in [0.29, 0.717) is 25.2 Å². The number of para-hydroxylation sites is 1. The molecule has 0 unspecified atom stereocenters. The summed E-state index contributed by atoms with van der Waals surface area (Å²) in [7, 11) is -1.79. The molecule has 20 heavy (non-hydrogen) atoms. The summed E-state index contributed by atoms with van der Waals surface area (Å²) in [5.74, 6) is 0. The Morgan fingerprint density at radius 1 is 1.25 bits per heavy atom. The summed E-state index contributed by atoms with van der Waals surface area (Å²) in [5, 5.41) is 6.95. The summed E-state index contributed by atoms with van der Waals surface area (Å²) >= 11 is 0. The maximum atomic E-state index is 12.2. The molecular formula is C13H18N4O2S. The average Bonchev–Trinajstić information content (AvgIpc) is 2.97. The first-order valence-corrected chi connectivity index (χ1v) is 7.85. The van der Waals surface area contributed by atoms with Crippen LogP contribution in [0.25, 0.3) is 0 Å². The fourth-order valence-corrected chi connectivity index (χ4v) is 3.15. The molecule has 0 atom stereocenters. The molecule has 108 valence electrons. The van der Waals surface area contributed by atoms with Crippen molar-refractivity contribution in [2.75, 3.05) is 18.9 Å². The van der Waals surface area contributed by atoms with Gasteiger partial charge in [0, 0.05) is 32.5 Å². The van der Waals surface area contributed by atoms with Crippen LogP contribution in [0.15, 0.2) is 47.6 Å². The van der Waals surface area contributed by atoms with Crippen LogP contribution in [-0.2, 0) is 16.6 Å². The lowest BCUT2D eigenvalue weighted by molar-refractivity contribution is 0.553. The van der Waals surface area contributed by atoms with Crippen molar-refractivity contribution in [3.63, 3.8) is 0 Å². The number of aryl methyl sites for hydroxylation is 1. The Bertz CT molecular complexity index is 638. The molecule has 0 amide bonds. The number of hydrogen-bond donors (Lipinski definition) is 2. The lowest BCUT2D eigenvalue weighted by Gasteiger charge is -2.11. The topological polar surface area (TPSA) is 76.0 Å². The molecule has 0 aliphatic heterocycles. The maximum Gasteiger partial charge on any atom is 0.242 e. The Labute approximate surface area is 118 Å². The first-order chi connectivity index (χ1) is 9.63. The van der Waals surface area contributed by atoms with E-state index in [4.69, 9.17) is 0 Å². The molecule has 1 heterocycles. The molecule has 2 aromatic rings. The van der Waals surface area contributed by atoms with Gasteiger partial charge in [0.05, 0.1) is 5.69 Å². The van der Waals surface area contributed by atoms with Gasteiger partial charge in [-0.2, -0.15) is 5.10 Å². The molecule has 0 aliphatic rings. The second-order valence-corrected chi connectivity index (χ2v) is 6.00. The van der Waals surface area contributed by atoms with Crippen LogP contribution in [0.1, 0.15) is 6.42 Å². The zero-order valence-corrected chi connectivity index (χ0v) is 12.1. The summed E-state index contributed by atoms with van der Waals surface area (Å²) in [6.07, 6.45) is 4.24. The van der Waals surface area contributed by atoms with Crippen LogP contribution in [0.2, 0.25) is 0 Å². The van der Waals surface area contributed by atoms with Crippen molar-refractivity contribution in [1.82, 2.24) is 14.5 Å². The minimum atomic E-state index is -3.49. The number of benzene rings is 1. The van der Waals surface area contributed by atoms with Crippen LogP contribution in [0.3, 0.4) is 0 Å². The summed E-state index contributed by atoms with van der Waals surface area (Å²) < 4.78 is 28.8. The quantitative estimate of drug-likeness (QED) is 0.755. The van der Waals surface area contributed by atoms with Gasteiger partial charge in [0.15, 0.2) is 0 Å². The molecular weight excluding hydrogens is 276 g/mol. The van der Waals surface area contributed by atoms with Gasteiger partial charge in [-0.1, -0.05) is 12.1 Å². The van der Waals surface area contributed by atoms with Crippen molar-refractivity contribution in [2.24, 2.45) is 0 Å². The molecule has 2 N–H and O–H groups in total. The lowest BCUT2D eigenvalue weighted by Crippen LogP contribution is -2.26. The molecule has 0 saturated heterocycles. The summed E-state index contributed by atoms with van der Waals surface area (Å²) in [4.78, 5) is 0.265. The Morgan fingerprint density at radius 3 is 2.75 bits per heavy atom. The third-order valence-electron chi connectivity index (χ3n) is 2.86. The van der Waals surface area contributed by atoms with Crippen molar-refractivity contribution in [1.29, 1.82) is 0 Å².